The second-order valence-corrected chi connectivity index (χ2v) is 5.12. The normalized spacial score (nSPS) is 15.7. The van der Waals surface area contributed by atoms with E-state index >= 15 is 0 Å². The molecule has 1 aromatic heterocycles. The molecule has 1 saturated heterocycles. The van der Waals surface area contributed by atoms with E-state index in [1.54, 1.807) is 16.7 Å². The van der Waals surface area contributed by atoms with Gasteiger partial charge in [0.25, 0.3) is 0 Å². The van der Waals surface area contributed by atoms with E-state index < -0.39 is 0 Å². The van der Waals surface area contributed by atoms with Crippen LogP contribution in [-0.2, 0) is 6.54 Å². The minimum absolute atomic E-state index is 0. The van der Waals surface area contributed by atoms with Crippen LogP contribution in [0.25, 0.3) is 0 Å². The lowest BCUT2D eigenvalue weighted by Crippen LogP contribution is -2.29. The van der Waals surface area contributed by atoms with Crippen LogP contribution in [0.4, 0.5) is 4.39 Å². The van der Waals surface area contributed by atoms with Crippen LogP contribution in [0.1, 0.15) is 30.1 Å². The summed E-state index contributed by atoms with van der Waals surface area (Å²) in [5.74, 6) is 0.836. The van der Waals surface area contributed by atoms with Gasteiger partial charge in [0.2, 0.25) is 0 Å². The summed E-state index contributed by atoms with van der Waals surface area (Å²) >= 11 is 0. The maximum atomic E-state index is 12.9. The Kier molecular flexibility index (Phi) is 5.14. The number of hydrogen-bond acceptors (Lipinski definition) is 3. The average molecular weight is 313 g/mol. The van der Waals surface area contributed by atoms with Crippen LogP contribution >= 0.6 is 12.4 Å². The maximum absolute atomic E-state index is 12.9. The van der Waals surface area contributed by atoms with Gasteiger partial charge >= 0.3 is 5.69 Å². The number of aromatic nitrogens is 3. The van der Waals surface area contributed by atoms with Gasteiger partial charge in [0, 0.05) is 5.92 Å². The second-order valence-electron chi connectivity index (χ2n) is 5.12. The number of H-pyrrole nitrogens is 1. The Morgan fingerprint density at radius 2 is 1.90 bits per heavy atom. The molecular weight excluding hydrogens is 295 g/mol. The van der Waals surface area contributed by atoms with E-state index in [0.29, 0.717) is 12.5 Å². The van der Waals surface area contributed by atoms with Crippen LogP contribution < -0.4 is 11.0 Å². The molecule has 21 heavy (non-hydrogen) atoms. The Bertz CT molecular complexity index is 631. The lowest BCUT2D eigenvalue weighted by atomic mass is 9.97. The minimum atomic E-state index is -0.271. The molecule has 0 bridgehead atoms. The van der Waals surface area contributed by atoms with Gasteiger partial charge in [-0.25, -0.2) is 14.3 Å². The highest BCUT2D eigenvalue weighted by atomic mass is 35.5. The fourth-order valence-electron chi connectivity index (χ4n) is 2.65. The third-order valence-electron chi connectivity index (χ3n) is 3.75. The number of nitrogens with one attached hydrogen (secondary N) is 2. The fraction of sp³-hybridized carbons (Fsp3) is 0.429. The Balaban J connectivity index is 0.00000161. The van der Waals surface area contributed by atoms with Crippen LogP contribution in [0.5, 0.6) is 0 Å². The predicted molar refractivity (Wildman–Crippen MR) is 80.4 cm³/mol. The molecule has 0 saturated carbocycles. The summed E-state index contributed by atoms with van der Waals surface area (Å²) in [4.78, 5) is 11.9. The minimum Gasteiger partial charge on any atom is -0.317 e. The number of piperidine rings is 1. The Morgan fingerprint density at radius 1 is 1.24 bits per heavy atom. The van der Waals surface area contributed by atoms with Gasteiger partial charge in [-0.2, -0.15) is 5.10 Å². The van der Waals surface area contributed by atoms with E-state index in [2.05, 4.69) is 15.5 Å². The first-order valence-corrected chi connectivity index (χ1v) is 6.84. The molecule has 3 rings (SSSR count). The van der Waals surface area contributed by atoms with E-state index in [9.17, 15) is 9.18 Å². The Hall–Kier alpha value is -1.66. The first kappa shape index (κ1) is 15.7. The predicted octanol–water partition coefficient (Wildman–Crippen LogP) is 1.65. The lowest BCUT2D eigenvalue weighted by molar-refractivity contribution is 0.432. The third-order valence-corrected chi connectivity index (χ3v) is 3.75. The molecule has 1 aliphatic heterocycles. The van der Waals surface area contributed by atoms with Crippen molar-refractivity contribution in [2.75, 3.05) is 13.1 Å². The molecule has 0 unspecified atom stereocenters. The molecule has 114 valence electrons. The smallest absolute Gasteiger partial charge is 0.317 e. The first-order chi connectivity index (χ1) is 9.74. The van der Waals surface area contributed by atoms with E-state index in [-0.39, 0.29) is 23.9 Å². The van der Waals surface area contributed by atoms with Crippen molar-refractivity contribution in [3.8, 4) is 0 Å². The molecule has 0 spiro atoms. The Morgan fingerprint density at radius 3 is 2.57 bits per heavy atom. The highest BCUT2D eigenvalue weighted by Gasteiger charge is 2.21. The van der Waals surface area contributed by atoms with Crippen molar-refractivity contribution in [2.45, 2.75) is 25.3 Å². The monoisotopic (exact) mass is 312 g/mol. The van der Waals surface area contributed by atoms with Crippen molar-refractivity contribution in [2.24, 2.45) is 0 Å². The quantitative estimate of drug-likeness (QED) is 0.906. The first-order valence-electron chi connectivity index (χ1n) is 6.84. The van der Waals surface area contributed by atoms with Gasteiger partial charge in [-0.3, -0.25) is 4.57 Å². The van der Waals surface area contributed by atoms with E-state index in [1.807, 2.05) is 0 Å². The van der Waals surface area contributed by atoms with Crippen molar-refractivity contribution >= 4 is 12.4 Å². The van der Waals surface area contributed by atoms with Gasteiger partial charge < -0.3 is 5.32 Å². The molecule has 0 aliphatic carbocycles. The average Bonchev–Trinajstić information content (AvgIpc) is 2.84. The van der Waals surface area contributed by atoms with Crippen molar-refractivity contribution in [3.05, 3.63) is 52.0 Å². The summed E-state index contributed by atoms with van der Waals surface area (Å²) < 4.78 is 14.6. The zero-order valence-electron chi connectivity index (χ0n) is 11.5. The number of benzene rings is 1. The number of rotatable bonds is 3. The molecular formula is C14H18ClFN4O. The molecule has 1 fully saturated rings. The van der Waals surface area contributed by atoms with E-state index in [4.69, 9.17) is 0 Å². The van der Waals surface area contributed by atoms with Crippen LogP contribution in [0.2, 0.25) is 0 Å². The molecule has 0 radical (unpaired) electrons. The lowest BCUT2D eigenvalue weighted by Gasteiger charge is -2.22. The van der Waals surface area contributed by atoms with Gasteiger partial charge in [0.1, 0.15) is 11.6 Å². The molecule has 2 N–H and O–H groups in total. The van der Waals surface area contributed by atoms with Gasteiger partial charge in [-0.15, -0.1) is 12.4 Å². The second kappa shape index (κ2) is 6.87. The molecule has 0 atom stereocenters. The molecule has 1 aromatic carbocycles. The Labute approximate surface area is 128 Å². The summed E-state index contributed by atoms with van der Waals surface area (Å²) in [6.45, 7) is 2.32. The molecule has 7 heteroatoms. The van der Waals surface area contributed by atoms with Gasteiger partial charge in [0.15, 0.2) is 0 Å². The van der Waals surface area contributed by atoms with Gasteiger partial charge in [-0.1, -0.05) is 12.1 Å². The van der Waals surface area contributed by atoms with Gasteiger partial charge in [0.05, 0.1) is 6.54 Å². The standard InChI is InChI=1S/C14H17FN4O.ClH/c15-12-3-1-10(2-4-12)9-19-13(17-18-14(19)20)11-5-7-16-8-6-11;/h1-4,11,16H,5-9H2,(H,18,20);1H. The molecule has 2 aromatic rings. The number of halogens is 2. The summed E-state index contributed by atoms with van der Waals surface area (Å²) in [5, 5.41) is 10.0. The number of aromatic amines is 1. The van der Waals surface area contributed by atoms with Crippen molar-refractivity contribution < 1.29 is 4.39 Å². The summed E-state index contributed by atoms with van der Waals surface area (Å²) in [5.41, 5.74) is 0.688. The summed E-state index contributed by atoms with van der Waals surface area (Å²) in [6, 6.07) is 6.21. The zero-order chi connectivity index (χ0) is 13.9. The highest BCUT2D eigenvalue weighted by molar-refractivity contribution is 5.85. The zero-order valence-corrected chi connectivity index (χ0v) is 12.3. The SMILES string of the molecule is Cl.O=c1[nH]nc(C2CCNCC2)n1Cc1ccc(F)cc1. The number of hydrogen-bond donors (Lipinski definition) is 2. The van der Waals surface area contributed by atoms with Crippen LogP contribution in [0.3, 0.4) is 0 Å². The van der Waals surface area contributed by atoms with Crippen LogP contribution in [-0.4, -0.2) is 27.9 Å². The summed E-state index contributed by atoms with van der Waals surface area (Å²) in [7, 11) is 0. The fourth-order valence-corrected chi connectivity index (χ4v) is 2.65. The van der Waals surface area contributed by atoms with Crippen molar-refractivity contribution in [3.63, 3.8) is 0 Å². The molecule has 0 amide bonds. The molecule has 1 aliphatic rings. The molecule has 5 nitrogen and oxygen atoms in total. The van der Waals surface area contributed by atoms with Crippen LogP contribution in [0, 0.1) is 5.82 Å². The summed E-state index contributed by atoms with van der Waals surface area (Å²) in [6.07, 6.45) is 1.96. The topological polar surface area (TPSA) is 62.7 Å². The largest absolute Gasteiger partial charge is 0.343 e. The van der Waals surface area contributed by atoms with Gasteiger partial charge in [-0.05, 0) is 43.6 Å². The number of nitrogens with zero attached hydrogens (tertiary/aromatic N) is 2. The van der Waals surface area contributed by atoms with Crippen molar-refractivity contribution in [1.82, 2.24) is 20.1 Å². The van der Waals surface area contributed by atoms with E-state index in [1.165, 1.54) is 12.1 Å². The van der Waals surface area contributed by atoms with Crippen molar-refractivity contribution in [1.29, 1.82) is 0 Å². The molecule has 2 heterocycles. The van der Waals surface area contributed by atoms with E-state index in [0.717, 1.165) is 37.3 Å². The van der Waals surface area contributed by atoms with Crippen LogP contribution in [0.15, 0.2) is 29.1 Å². The highest BCUT2D eigenvalue weighted by Crippen LogP contribution is 2.22. The third kappa shape index (κ3) is 3.51. The maximum Gasteiger partial charge on any atom is 0.343 e.